The molecule has 3 rings (SSSR count). The molecule has 0 amide bonds. The van der Waals surface area contributed by atoms with E-state index in [1.807, 2.05) is 36.4 Å². The van der Waals surface area contributed by atoms with Gasteiger partial charge in [0.05, 0.1) is 5.56 Å². The van der Waals surface area contributed by atoms with E-state index in [1.165, 1.54) is 18.2 Å². The molecule has 0 aliphatic rings. The minimum Gasteiger partial charge on any atom is -0.507 e. The molecule has 0 unspecified atom stereocenters. The SMILES string of the molecule is O=C(O)/C(=C/c1ccc2ccccc2c1)C(=O)c1ccccc1O. The maximum absolute atomic E-state index is 12.5. The van der Waals surface area contributed by atoms with Crippen molar-refractivity contribution < 1.29 is 19.8 Å². The number of ketones is 1. The first-order chi connectivity index (χ1) is 11.6. The highest BCUT2D eigenvalue weighted by Gasteiger charge is 2.21. The number of fused-ring (bicyclic) bond motifs is 1. The predicted octanol–water partition coefficient (Wildman–Crippen LogP) is 3.90. The Morgan fingerprint density at radius 3 is 2.21 bits per heavy atom. The Hall–Kier alpha value is -3.40. The molecule has 0 saturated heterocycles. The number of rotatable bonds is 4. The van der Waals surface area contributed by atoms with Gasteiger partial charge in [0.25, 0.3) is 0 Å². The van der Waals surface area contributed by atoms with Crippen LogP contribution in [0.15, 0.2) is 72.3 Å². The maximum Gasteiger partial charge on any atom is 0.339 e. The summed E-state index contributed by atoms with van der Waals surface area (Å²) in [5.41, 5.74) is 0.175. The molecular weight excluding hydrogens is 304 g/mol. The van der Waals surface area contributed by atoms with Crippen LogP contribution in [0.5, 0.6) is 5.75 Å². The molecule has 24 heavy (non-hydrogen) atoms. The number of hydrogen-bond acceptors (Lipinski definition) is 3. The van der Waals surface area contributed by atoms with Crippen molar-refractivity contribution in [2.45, 2.75) is 0 Å². The van der Waals surface area contributed by atoms with Crippen LogP contribution in [0.4, 0.5) is 0 Å². The smallest absolute Gasteiger partial charge is 0.339 e. The van der Waals surface area contributed by atoms with E-state index in [9.17, 15) is 19.8 Å². The van der Waals surface area contributed by atoms with Crippen LogP contribution in [0, 0.1) is 0 Å². The Morgan fingerprint density at radius 2 is 1.50 bits per heavy atom. The molecule has 118 valence electrons. The van der Waals surface area contributed by atoms with Crippen LogP contribution in [0.3, 0.4) is 0 Å². The van der Waals surface area contributed by atoms with Gasteiger partial charge in [0.2, 0.25) is 5.78 Å². The predicted molar refractivity (Wildman–Crippen MR) is 92.0 cm³/mol. The Bertz CT molecular complexity index is 970. The average Bonchev–Trinajstić information content (AvgIpc) is 2.59. The summed E-state index contributed by atoms with van der Waals surface area (Å²) in [6.45, 7) is 0. The van der Waals surface area contributed by atoms with Gasteiger partial charge in [0.15, 0.2) is 0 Å². The Balaban J connectivity index is 2.06. The number of para-hydroxylation sites is 1. The number of Topliss-reactive ketones (excluding diaryl/α,β-unsaturated/α-hetero) is 1. The second-order valence-electron chi connectivity index (χ2n) is 5.32. The third kappa shape index (κ3) is 3.03. The van der Waals surface area contributed by atoms with Gasteiger partial charge >= 0.3 is 5.97 Å². The number of phenolic OH excluding ortho intramolecular Hbond substituents is 1. The van der Waals surface area contributed by atoms with Crippen molar-refractivity contribution in [1.29, 1.82) is 0 Å². The first-order valence-electron chi connectivity index (χ1n) is 7.33. The Labute approximate surface area is 138 Å². The first-order valence-corrected chi connectivity index (χ1v) is 7.33. The van der Waals surface area contributed by atoms with Crippen molar-refractivity contribution in [2.75, 3.05) is 0 Å². The molecule has 0 aromatic heterocycles. The van der Waals surface area contributed by atoms with E-state index >= 15 is 0 Å². The largest absolute Gasteiger partial charge is 0.507 e. The molecule has 0 fully saturated rings. The molecule has 0 heterocycles. The fraction of sp³-hybridized carbons (Fsp3) is 0. The summed E-state index contributed by atoms with van der Waals surface area (Å²) < 4.78 is 0. The van der Waals surface area contributed by atoms with E-state index in [1.54, 1.807) is 18.2 Å². The highest BCUT2D eigenvalue weighted by atomic mass is 16.4. The van der Waals surface area contributed by atoms with Gasteiger partial charge in [-0.3, -0.25) is 4.79 Å². The normalized spacial score (nSPS) is 11.4. The summed E-state index contributed by atoms with van der Waals surface area (Å²) in [5, 5.41) is 21.2. The zero-order chi connectivity index (χ0) is 17.1. The van der Waals surface area contributed by atoms with Gasteiger partial charge in [0, 0.05) is 0 Å². The zero-order valence-electron chi connectivity index (χ0n) is 12.6. The Morgan fingerprint density at radius 1 is 0.833 bits per heavy atom. The summed E-state index contributed by atoms with van der Waals surface area (Å²) in [4.78, 5) is 24.0. The molecule has 0 aliphatic heterocycles. The van der Waals surface area contributed by atoms with E-state index in [0.717, 1.165) is 10.8 Å². The van der Waals surface area contributed by atoms with E-state index < -0.39 is 17.3 Å². The lowest BCUT2D eigenvalue weighted by Crippen LogP contribution is -2.12. The second-order valence-corrected chi connectivity index (χ2v) is 5.32. The highest BCUT2D eigenvalue weighted by molar-refractivity contribution is 6.27. The van der Waals surface area contributed by atoms with Gasteiger partial charge < -0.3 is 10.2 Å². The number of carboxylic acid groups (broad SMARTS) is 1. The molecule has 4 nitrogen and oxygen atoms in total. The highest BCUT2D eigenvalue weighted by Crippen LogP contribution is 2.22. The third-order valence-electron chi connectivity index (χ3n) is 3.71. The molecule has 0 spiro atoms. The molecule has 2 N–H and O–H groups in total. The quantitative estimate of drug-likeness (QED) is 0.331. The summed E-state index contributed by atoms with van der Waals surface area (Å²) >= 11 is 0. The number of carbonyl (C=O) groups excluding carboxylic acids is 1. The zero-order valence-corrected chi connectivity index (χ0v) is 12.6. The molecule has 4 heteroatoms. The number of carboxylic acids is 1. The van der Waals surface area contributed by atoms with Crippen molar-refractivity contribution >= 4 is 28.6 Å². The lowest BCUT2D eigenvalue weighted by atomic mass is 9.99. The van der Waals surface area contributed by atoms with E-state index in [2.05, 4.69) is 0 Å². The van der Waals surface area contributed by atoms with Crippen LogP contribution >= 0.6 is 0 Å². The third-order valence-corrected chi connectivity index (χ3v) is 3.71. The maximum atomic E-state index is 12.5. The summed E-state index contributed by atoms with van der Waals surface area (Å²) in [6.07, 6.45) is 1.32. The molecule has 0 atom stereocenters. The Kier molecular flexibility index (Phi) is 4.12. The number of aromatic hydroxyl groups is 1. The van der Waals surface area contributed by atoms with Crippen LogP contribution in [0.1, 0.15) is 15.9 Å². The standard InChI is InChI=1S/C20H14O4/c21-18-8-4-3-7-16(18)19(22)17(20(23)24)12-13-9-10-14-5-1-2-6-15(14)11-13/h1-12,21H,(H,23,24)/b17-12+. The second kappa shape index (κ2) is 6.38. The lowest BCUT2D eigenvalue weighted by molar-refractivity contribution is -0.132. The molecule has 0 saturated carbocycles. The van der Waals surface area contributed by atoms with Crippen molar-refractivity contribution in [3.63, 3.8) is 0 Å². The van der Waals surface area contributed by atoms with Crippen LogP contribution in [-0.4, -0.2) is 22.0 Å². The summed E-state index contributed by atoms with van der Waals surface area (Å²) in [5.74, 6) is -2.31. The molecule has 3 aromatic carbocycles. The van der Waals surface area contributed by atoms with Gasteiger partial charge in [-0.2, -0.15) is 0 Å². The number of phenols is 1. The first kappa shape index (κ1) is 15.5. The number of aliphatic carboxylic acids is 1. The minimum atomic E-state index is -1.34. The fourth-order valence-corrected chi connectivity index (χ4v) is 2.50. The van der Waals surface area contributed by atoms with E-state index in [4.69, 9.17) is 0 Å². The molecular formula is C20H14O4. The van der Waals surface area contributed by atoms with Crippen molar-refractivity contribution in [2.24, 2.45) is 0 Å². The van der Waals surface area contributed by atoms with Crippen molar-refractivity contribution in [3.8, 4) is 5.75 Å². The van der Waals surface area contributed by atoms with Gasteiger partial charge in [-0.1, -0.05) is 48.5 Å². The summed E-state index contributed by atoms with van der Waals surface area (Å²) in [6, 6.07) is 19.0. The molecule has 3 aromatic rings. The van der Waals surface area contributed by atoms with Crippen LogP contribution in [-0.2, 0) is 4.79 Å². The number of benzene rings is 3. The number of hydrogen-bond donors (Lipinski definition) is 2. The fourth-order valence-electron chi connectivity index (χ4n) is 2.50. The van der Waals surface area contributed by atoms with Crippen LogP contribution in [0.25, 0.3) is 16.8 Å². The van der Waals surface area contributed by atoms with Gasteiger partial charge in [-0.15, -0.1) is 0 Å². The molecule has 0 radical (unpaired) electrons. The van der Waals surface area contributed by atoms with Crippen LogP contribution < -0.4 is 0 Å². The molecule has 0 bridgehead atoms. The minimum absolute atomic E-state index is 0.0352. The van der Waals surface area contributed by atoms with E-state index in [-0.39, 0.29) is 11.3 Å². The van der Waals surface area contributed by atoms with Crippen molar-refractivity contribution in [1.82, 2.24) is 0 Å². The van der Waals surface area contributed by atoms with Gasteiger partial charge in [0.1, 0.15) is 11.3 Å². The monoisotopic (exact) mass is 318 g/mol. The number of carbonyl (C=O) groups is 2. The topological polar surface area (TPSA) is 74.6 Å². The lowest BCUT2D eigenvalue weighted by Gasteiger charge is -2.05. The van der Waals surface area contributed by atoms with Crippen molar-refractivity contribution in [3.05, 3.63) is 83.4 Å². The van der Waals surface area contributed by atoms with Crippen LogP contribution in [0.2, 0.25) is 0 Å². The van der Waals surface area contributed by atoms with Gasteiger partial charge in [-0.05, 0) is 40.6 Å². The van der Waals surface area contributed by atoms with E-state index in [0.29, 0.717) is 5.56 Å². The average molecular weight is 318 g/mol. The molecule has 0 aliphatic carbocycles. The van der Waals surface area contributed by atoms with Gasteiger partial charge in [-0.25, -0.2) is 4.79 Å². The summed E-state index contributed by atoms with van der Waals surface area (Å²) in [7, 11) is 0.